The monoisotopic (exact) mass is 484 g/mol. The molecule has 1 aliphatic rings. The van der Waals surface area contributed by atoms with Crippen LogP contribution in [0.5, 0.6) is 0 Å². The number of rotatable bonds is 6. The van der Waals surface area contributed by atoms with E-state index < -0.39 is 60.6 Å². The number of benzene rings is 1. The third-order valence-electron chi connectivity index (χ3n) is 4.91. The second kappa shape index (κ2) is 9.50. The van der Waals surface area contributed by atoms with E-state index in [1.165, 1.54) is 6.07 Å². The van der Waals surface area contributed by atoms with Crippen molar-refractivity contribution in [2.45, 2.75) is 54.5 Å². The lowest BCUT2D eigenvalue weighted by Crippen LogP contribution is -2.39. The van der Waals surface area contributed by atoms with Crippen LogP contribution in [0.4, 0.5) is 22.0 Å². The van der Waals surface area contributed by atoms with Crippen LogP contribution in [0.1, 0.15) is 32.3 Å². The zero-order valence-electron chi connectivity index (χ0n) is 17.1. The first-order chi connectivity index (χ1) is 14.1. The minimum absolute atomic E-state index is 0.0599. The Bertz CT molecular complexity index is 912. The van der Waals surface area contributed by atoms with Crippen LogP contribution < -0.4 is 5.73 Å². The molecule has 0 amide bonds. The number of alkyl halides is 5. The van der Waals surface area contributed by atoms with Crippen LogP contribution in [-0.2, 0) is 21.7 Å². The highest BCUT2D eigenvalue weighted by Gasteiger charge is 2.38. The Morgan fingerprint density at radius 1 is 1.39 bits per heavy atom. The minimum atomic E-state index is -4.46. The van der Waals surface area contributed by atoms with E-state index in [1.807, 2.05) is 6.92 Å². The van der Waals surface area contributed by atoms with Crippen molar-refractivity contribution in [2.24, 2.45) is 5.73 Å². The summed E-state index contributed by atoms with van der Waals surface area (Å²) in [7, 11) is -3.05. The first-order valence-corrected chi connectivity index (χ1v) is 12.0. The maximum absolute atomic E-state index is 13.1. The van der Waals surface area contributed by atoms with E-state index in [2.05, 4.69) is 5.87 Å². The van der Waals surface area contributed by atoms with Crippen LogP contribution in [-0.4, -0.2) is 44.3 Å². The molecule has 3 N–H and O–H groups in total. The second-order valence-corrected chi connectivity index (χ2v) is 11.4. The maximum Gasteiger partial charge on any atom is 0.416 e. The van der Waals surface area contributed by atoms with Gasteiger partial charge in [0.05, 0.1) is 28.2 Å². The van der Waals surface area contributed by atoms with E-state index >= 15 is 0 Å². The molecule has 174 valence electrons. The number of halogens is 5. The van der Waals surface area contributed by atoms with Crippen LogP contribution in [0.3, 0.4) is 0 Å². The molecular weight excluding hydrogens is 459 g/mol. The smallest absolute Gasteiger partial charge is 0.400 e. The van der Waals surface area contributed by atoms with Crippen molar-refractivity contribution in [3.8, 4) is 0 Å². The average Bonchev–Trinajstić information content (AvgIpc) is 2.65. The fourth-order valence-electron chi connectivity index (χ4n) is 3.14. The Kier molecular flexibility index (Phi) is 7.86. The molecule has 1 aromatic carbocycles. The number of hydrogen-bond donors (Lipinski definition) is 2. The predicted octanol–water partition coefficient (Wildman–Crippen LogP) is 4.93. The SMILES string of the molecule is C=S(c1cccc(C(F)(F)F)c1)C1(C)CCOC(/C(N)=C/C(=N)S(=O)CC(C)(F)F)C1. The molecule has 0 bridgehead atoms. The molecule has 0 saturated carbocycles. The Labute approximate surface area is 182 Å². The molecule has 11 heteroatoms. The van der Waals surface area contributed by atoms with Gasteiger partial charge in [-0.25, -0.2) is 8.78 Å². The van der Waals surface area contributed by atoms with Gasteiger partial charge in [0.15, 0.2) is 0 Å². The van der Waals surface area contributed by atoms with Gasteiger partial charge in [-0.1, -0.05) is 18.9 Å². The van der Waals surface area contributed by atoms with Gasteiger partial charge in [0, 0.05) is 28.9 Å². The summed E-state index contributed by atoms with van der Waals surface area (Å²) in [5.41, 5.74) is 5.31. The summed E-state index contributed by atoms with van der Waals surface area (Å²) in [6.07, 6.45) is -3.25. The van der Waals surface area contributed by atoms with Crippen molar-refractivity contribution in [2.75, 3.05) is 12.4 Å². The van der Waals surface area contributed by atoms with Gasteiger partial charge < -0.3 is 10.5 Å². The van der Waals surface area contributed by atoms with E-state index in [0.717, 1.165) is 18.2 Å². The Morgan fingerprint density at radius 2 is 2.03 bits per heavy atom. The molecule has 0 spiro atoms. The normalized spacial score (nSPS) is 25.1. The van der Waals surface area contributed by atoms with Crippen LogP contribution in [0.15, 0.2) is 40.9 Å². The Balaban J connectivity index is 2.19. The van der Waals surface area contributed by atoms with Crippen LogP contribution in [0, 0.1) is 5.41 Å². The molecular formula is C20H25F5N2O2S2. The number of ether oxygens (including phenoxy) is 1. The minimum Gasteiger partial charge on any atom is -0.400 e. The van der Waals surface area contributed by atoms with Crippen LogP contribution in [0.2, 0.25) is 0 Å². The average molecular weight is 485 g/mol. The third-order valence-corrected chi connectivity index (χ3v) is 8.67. The summed E-state index contributed by atoms with van der Waals surface area (Å²) in [4.78, 5) is 0.458. The van der Waals surface area contributed by atoms with Crippen molar-refractivity contribution in [3.63, 3.8) is 0 Å². The fraction of sp³-hybridized carbons (Fsp3) is 0.500. The van der Waals surface area contributed by atoms with Gasteiger partial charge in [-0.15, -0.1) is 0 Å². The predicted molar refractivity (Wildman–Crippen MR) is 115 cm³/mol. The highest BCUT2D eigenvalue weighted by molar-refractivity contribution is 8.15. The number of hydrogen-bond acceptors (Lipinski definition) is 4. The summed E-state index contributed by atoms with van der Waals surface area (Å²) >= 11 is 0. The first-order valence-electron chi connectivity index (χ1n) is 9.27. The van der Waals surface area contributed by atoms with Gasteiger partial charge in [-0.2, -0.15) is 23.7 Å². The van der Waals surface area contributed by atoms with Gasteiger partial charge >= 0.3 is 6.18 Å². The highest BCUT2D eigenvalue weighted by Crippen LogP contribution is 2.47. The quantitative estimate of drug-likeness (QED) is 0.260. The van der Waals surface area contributed by atoms with E-state index in [4.69, 9.17) is 15.9 Å². The van der Waals surface area contributed by atoms with Crippen LogP contribution in [0.25, 0.3) is 0 Å². The molecule has 31 heavy (non-hydrogen) atoms. The first kappa shape index (κ1) is 25.7. The summed E-state index contributed by atoms with van der Waals surface area (Å²) in [5, 5.41) is 7.22. The van der Waals surface area contributed by atoms with Crippen molar-refractivity contribution in [1.82, 2.24) is 0 Å². The van der Waals surface area contributed by atoms with Crippen LogP contribution >= 0.6 is 10.5 Å². The molecule has 0 radical (unpaired) electrons. The van der Waals surface area contributed by atoms with Gasteiger partial charge in [0.2, 0.25) is 0 Å². The molecule has 1 fully saturated rings. The van der Waals surface area contributed by atoms with E-state index in [0.29, 0.717) is 24.7 Å². The topological polar surface area (TPSA) is 76.2 Å². The summed E-state index contributed by atoms with van der Waals surface area (Å²) in [6.45, 7) is 2.76. The lowest BCUT2D eigenvalue weighted by molar-refractivity contribution is -0.137. The third kappa shape index (κ3) is 6.95. The lowest BCUT2D eigenvalue weighted by atomic mass is 9.95. The van der Waals surface area contributed by atoms with E-state index in [-0.39, 0.29) is 12.3 Å². The molecule has 1 aromatic rings. The molecule has 1 aliphatic heterocycles. The number of nitrogens with two attached hydrogens (primary N) is 1. The van der Waals surface area contributed by atoms with Crippen molar-refractivity contribution in [3.05, 3.63) is 41.6 Å². The van der Waals surface area contributed by atoms with E-state index in [1.54, 1.807) is 6.07 Å². The largest absolute Gasteiger partial charge is 0.416 e. The van der Waals surface area contributed by atoms with Gasteiger partial charge in [-0.3, -0.25) is 9.62 Å². The number of nitrogens with one attached hydrogen (secondary N) is 1. The van der Waals surface area contributed by atoms with Gasteiger partial charge in [0.1, 0.15) is 5.04 Å². The molecule has 0 aliphatic carbocycles. The van der Waals surface area contributed by atoms with Gasteiger partial charge in [0.25, 0.3) is 5.92 Å². The molecule has 1 saturated heterocycles. The molecule has 4 nitrogen and oxygen atoms in total. The van der Waals surface area contributed by atoms with Crippen molar-refractivity contribution >= 4 is 32.2 Å². The fourth-order valence-corrected chi connectivity index (χ4v) is 5.78. The van der Waals surface area contributed by atoms with Crippen molar-refractivity contribution in [1.29, 1.82) is 5.41 Å². The van der Waals surface area contributed by atoms with Gasteiger partial charge in [-0.05, 0) is 37.1 Å². The summed E-state index contributed by atoms with van der Waals surface area (Å²) in [5.74, 6) is -0.0565. The zero-order valence-corrected chi connectivity index (χ0v) is 18.7. The second-order valence-electron chi connectivity index (χ2n) is 7.75. The Hall–Kier alpha value is -1.59. The summed E-state index contributed by atoms with van der Waals surface area (Å²) < 4.78 is 82.3. The lowest BCUT2D eigenvalue weighted by Gasteiger charge is -2.40. The standard InChI is InChI=1S/C20H25F5N2O2S2/c1-18(30(3)14-6-4-5-13(9-14)20(23,24)25)7-8-29-16(11-18)15(26)10-17(27)31(28)12-19(2,21)22/h4-6,9-10,16,27H,3,7-8,11-12,26H2,1-2H3/b15-10-,27-17?. The Morgan fingerprint density at radius 3 is 2.61 bits per heavy atom. The maximum atomic E-state index is 13.1. The zero-order chi connectivity index (χ0) is 23.6. The van der Waals surface area contributed by atoms with Crippen molar-refractivity contribution < 1.29 is 30.9 Å². The molecule has 4 unspecified atom stereocenters. The highest BCUT2D eigenvalue weighted by atomic mass is 32.2. The molecule has 0 aromatic heterocycles. The molecule has 2 rings (SSSR count). The molecule has 4 atom stereocenters. The summed E-state index contributed by atoms with van der Waals surface area (Å²) in [6, 6.07) is 5.04. The molecule has 1 heterocycles. The van der Waals surface area contributed by atoms with E-state index in [9.17, 15) is 26.2 Å².